The van der Waals surface area contributed by atoms with Crippen LogP contribution >= 0.6 is 0 Å². The third kappa shape index (κ3) is 3.32. The van der Waals surface area contributed by atoms with Crippen LogP contribution in [0.4, 0.5) is 5.69 Å². The van der Waals surface area contributed by atoms with E-state index in [4.69, 9.17) is 4.74 Å². The van der Waals surface area contributed by atoms with E-state index in [9.17, 15) is 9.59 Å². The lowest BCUT2D eigenvalue weighted by molar-refractivity contribution is -0.139. The number of hydrogen-bond donors (Lipinski definition) is 0. The minimum atomic E-state index is -0.431. The third-order valence-electron chi connectivity index (χ3n) is 4.34. The number of carbonyl (C=O) groups is 2. The van der Waals surface area contributed by atoms with Gasteiger partial charge in [0.05, 0.1) is 5.92 Å². The van der Waals surface area contributed by atoms with Crippen molar-refractivity contribution in [1.82, 2.24) is 0 Å². The molecule has 0 aliphatic carbocycles. The number of amides is 1. The van der Waals surface area contributed by atoms with Gasteiger partial charge in [0.25, 0.3) is 0 Å². The van der Waals surface area contributed by atoms with Crippen molar-refractivity contribution in [2.75, 3.05) is 11.4 Å². The van der Waals surface area contributed by atoms with Crippen LogP contribution in [0, 0.1) is 26.7 Å². The SMILES string of the molecule is Cc1ccc(N2CC(C(=O)Oc3ccc(C)cc3C)CC2=O)cc1. The minimum absolute atomic E-state index is 0.0403. The van der Waals surface area contributed by atoms with Crippen molar-refractivity contribution in [2.45, 2.75) is 27.2 Å². The van der Waals surface area contributed by atoms with Crippen LogP contribution in [-0.4, -0.2) is 18.4 Å². The molecule has 0 saturated carbocycles. The molecule has 1 heterocycles. The van der Waals surface area contributed by atoms with Gasteiger partial charge in [-0.05, 0) is 44.5 Å². The molecule has 0 bridgehead atoms. The third-order valence-corrected chi connectivity index (χ3v) is 4.34. The molecular formula is C20H21NO3. The van der Waals surface area contributed by atoms with Crippen molar-refractivity contribution in [3.63, 3.8) is 0 Å². The van der Waals surface area contributed by atoms with E-state index in [0.29, 0.717) is 12.3 Å². The van der Waals surface area contributed by atoms with Crippen LogP contribution < -0.4 is 9.64 Å². The van der Waals surface area contributed by atoms with Crippen molar-refractivity contribution >= 4 is 17.6 Å². The summed E-state index contributed by atoms with van der Waals surface area (Å²) in [6.07, 6.45) is 0.192. The molecule has 2 aromatic rings. The number of carbonyl (C=O) groups excluding carboxylic acids is 2. The molecule has 1 amide bonds. The van der Waals surface area contributed by atoms with Gasteiger partial charge in [-0.15, -0.1) is 0 Å². The van der Waals surface area contributed by atoms with Crippen LogP contribution in [0.1, 0.15) is 23.1 Å². The molecular weight excluding hydrogens is 302 g/mol. The average molecular weight is 323 g/mol. The predicted octanol–water partition coefficient (Wildman–Crippen LogP) is 3.57. The maximum Gasteiger partial charge on any atom is 0.316 e. The zero-order valence-electron chi connectivity index (χ0n) is 14.2. The van der Waals surface area contributed by atoms with Gasteiger partial charge in [0.15, 0.2) is 0 Å². The van der Waals surface area contributed by atoms with Crippen LogP contribution in [0.2, 0.25) is 0 Å². The van der Waals surface area contributed by atoms with Gasteiger partial charge in [-0.2, -0.15) is 0 Å². The Morgan fingerprint density at radius 3 is 2.38 bits per heavy atom. The van der Waals surface area contributed by atoms with E-state index in [1.54, 1.807) is 11.0 Å². The quantitative estimate of drug-likeness (QED) is 0.641. The second-order valence-corrected chi connectivity index (χ2v) is 6.43. The largest absolute Gasteiger partial charge is 0.426 e. The lowest BCUT2D eigenvalue weighted by Gasteiger charge is -2.17. The Bertz CT molecular complexity index is 780. The molecule has 3 rings (SSSR count). The van der Waals surface area contributed by atoms with Gasteiger partial charge in [-0.3, -0.25) is 9.59 Å². The summed E-state index contributed by atoms with van der Waals surface area (Å²) >= 11 is 0. The molecule has 24 heavy (non-hydrogen) atoms. The molecule has 0 aromatic heterocycles. The fraction of sp³-hybridized carbons (Fsp3) is 0.300. The van der Waals surface area contributed by atoms with E-state index in [2.05, 4.69) is 0 Å². The van der Waals surface area contributed by atoms with Gasteiger partial charge in [-0.1, -0.05) is 35.4 Å². The summed E-state index contributed by atoms with van der Waals surface area (Å²) in [7, 11) is 0. The highest BCUT2D eigenvalue weighted by molar-refractivity contribution is 5.99. The maximum absolute atomic E-state index is 12.4. The molecule has 1 aliphatic heterocycles. The van der Waals surface area contributed by atoms with Gasteiger partial charge in [0.1, 0.15) is 5.75 Å². The smallest absolute Gasteiger partial charge is 0.316 e. The van der Waals surface area contributed by atoms with E-state index in [1.807, 2.05) is 57.2 Å². The number of ether oxygens (including phenoxy) is 1. The van der Waals surface area contributed by atoms with Crippen LogP contribution in [0.3, 0.4) is 0 Å². The topological polar surface area (TPSA) is 46.6 Å². The standard InChI is InChI=1S/C20H21NO3/c1-13-4-7-17(8-5-13)21-12-16(11-19(21)22)20(23)24-18-9-6-14(2)10-15(18)3/h4-10,16H,11-12H2,1-3H3. The summed E-state index contributed by atoms with van der Waals surface area (Å²) in [5.74, 6) is -0.252. The fourth-order valence-electron chi connectivity index (χ4n) is 2.95. The molecule has 1 unspecified atom stereocenters. The summed E-state index contributed by atoms with van der Waals surface area (Å²) in [4.78, 5) is 26.3. The Balaban J connectivity index is 1.70. The Morgan fingerprint density at radius 2 is 1.71 bits per heavy atom. The number of rotatable bonds is 3. The molecule has 124 valence electrons. The Morgan fingerprint density at radius 1 is 1.04 bits per heavy atom. The maximum atomic E-state index is 12.4. The fourth-order valence-corrected chi connectivity index (χ4v) is 2.95. The van der Waals surface area contributed by atoms with Gasteiger partial charge >= 0.3 is 5.97 Å². The molecule has 4 heteroatoms. The van der Waals surface area contributed by atoms with E-state index >= 15 is 0 Å². The number of hydrogen-bond acceptors (Lipinski definition) is 3. The van der Waals surface area contributed by atoms with Gasteiger partial charge in [0.2, 0.25) is 5.91 Å². The molecule has 2 aromatic carbocycles. The Labute approximate surface area is 142 Å². The first-order chi connectivity index (χ1) is 11.4. The summed E-state index contributed by atoms with van der Waals surface area (Å²) in [6, 6.07) is 13.4. The first-order valence-corrected chi connectivity index (χ1v) is 8.10. The minimum Gasteiger partial charge on any atom is -0.426 e. The van der Waals surface area contributed by atoms with E-state index in [-0.39, 0.29) is 18.3 Å². The second kappa shape index (κ2) is 6.48. The van der Waals surface area contributed by atoms with Gasteiger partial charge in [-0.25, -0.2) is 0 Å². The van der Waals surface area contributed by atoms with E-state index in [0.717, 1.165) is 22.4 Å². The summed E-state index contributed by atoms with van der Waals surface area (Å²) < 4.78 is 5.52. The lowest BCUT2D eigenvalue weighted by atomic mass is 10.1. The zero-order valence-corrected chi connectivity index (χ0v) is 14.2. The van der Waals surface area contributed by atoms with Crippen LogP contribution in [0.5, 0.6) is 5.75 Å². The molecule has 1 aliphatic rings. The summed E-state index contributed by atoms with van der Waals surface area (Å²) in [5, 5.41) is 0. The van der Waals surface area contributed by atoms with Gasteiger partial charge in [0, 0.05) is 18.7 Å². The number of nitrogens with zero attached hydrogens (tertiary/aromatic N) is 1. The highest BCUT2D eigenvalue weighted by atomic mass is 16.5. The molecule has 0 radical (unpaired) electrons. The lowest BCUT2D eigenvalue weighted by Crippen LogP contribution is -2.27. The summed E-state index contributed by atoms with van der Waals surface area (Å²) in [6.45, 7) is 6.27. The molecule has 1 atom stereocenters. The number of aryl methyl sites for hydroxylation is 3. The highest BCUT2D eigenvalue weighted by Crippen LogP contribution is 2.27. The van der Waals surface area contributed by atoms with E-state index in [1.165, 1.54) is 0 Å². The molecule has 0 N–H and O–H groups in total. The van der Waals surface area contributed by atoms with Crippen molar-refractivity contribution in [1.29, 1.82) is 0 Å². The van der Waals surface area contributed by atoms with Crippen LogP contribution in [0.25, 0.3) is 0 Å². The predicted molar refractivity (Wildman–Crippen MR) is 93.2 cm³/mol. The Hall–Kier alpha value is -2.62. The number of esters is 1. The molecule has 0 spiro atoms. The first-order valence-electron chi connectivity index (χ1n) is 8.10. The molecule has 1 fully saturated rings. The van der Waals surface area contributed by atoms with Crippen molar-refractivity contribution in [2.24, 2.45) is 5.92 Å². The van der Waals surface area contributed by atoms with Crippen molar-refractivity contribution in [3.05, 3.63) is 59.2 Å². The normalized spacial score (nSPS) is 17.2. The Kier molecular flexibility index (Phi) is 4.38. The first kappa shape index (κ1) is 16.2. The molecule has 1 saturated heterocycles. The van der Waals surface area contributed by atoms with Crippen LogP contribution in [0.15, 0.2) is 42.5 Å². The van der Waals surface area contributed by atoms with Crippen molar-refractivity contribution < 1.29 is 14.3 Å². The average Bonchev–Trinajstić information content (AvgIpc) is 2.93. The van der Waals surface area contributed by atoms with Crippen molar-refractivity contribution in [3.8, 4) is 5.75 Å². The van der Waals surface area contributed by atoms with Crippen LogP contribution in [-0.2, 0) is 9.59 Å². The summed E-state index contributed by atoms with van der Waals surface area (Å²) in [5.41, 5.74) is 4.00. The second-order valence-electron chi connectivity index (χ2n) is 6.43. The van der Waals surface area contributed by atoms with E-state index < -0.39 is 5.92 Å². The zero-order chi connectivity index (χ0) is 17.3. The highest BCUT2D eigenvalue weighted by Gasteiger charge is 2.36. The monoisotopic (exact) mass is 323 g/mol. The molecule has 4 nitrogen and oxygen atoms in total. The van der Waals surface area contributed by atoms with Gasteiger partial charge < -0.3 is 9.64 Å². The number of benzene rings is 2. The number of anilines is 1.